The van der Waals surface area contributed by atoms with Crippen molar-refractivity contribution in [3.8, 4) is 5.75 Å². The topological polar surface area (TPSA) is 83.7 Å². The minimum absolute atomic E-state index is 0.00109. The molecule has 23 heavy (non-hydrogen) atoms. The van der Waals surface area contributed by atoms with Crippen LogP contribution in [0.15, 0.2) is 47.4 Å². The van der Waals surface area contributed by atoms with Gasteiger partial charge in [0.25, 0.3) is 5.56 Å². The summed E-state index contributed by atoms with van der Waals surface area (Å²) in [6.45, 7) is 3.18. The Hall–Kier alpha value is -3.15. The lowest BCUT2D eigenvalue weighted by atomic mass is 10.2. The average Bonchev–Trinajstić information content (AvgIpc) is 2.50. The van der Waals surface area contributed by atoms with Crippen molar-refractivity contribution in [3.63, 3.8) is 0 Å². The van der Waals surface area contributed by atoms with Gasteiger partial charge in [-0.15, -0.1) is 0 Å². The summed E-state index contributed by atoms with van der Waals surface area (Å²) in [6, 6.07) is 9.88. The number of Topliss-reactive ketones (excluding diaryl/α,β-unsaturated/α-hetero) is 1. The quantitative estimate of drug-likeness (QED) is 0.574. The molecule has 116 valence electrons. The Bertz CT molecular complexity index is 959. The second-order valence-corrected chi connectivity index (χ2v) is 5.25. The van der Waals surface area contributed by atoms with E-state index >= 15 is 0 Å². The molecular formula is C17H15N3O3. The van der Waals surface area contributed by atoms with Gasteiger partial charge in [-0.1, -0.05) is 6.07 Å². The molecule has 0 saturated carbocycles. The van der Waals surface area contributed by atoms with Crippen LogP contribution in [0.1, 0.15) is 22.8 Å². The van der Waals surface area contributed by atoms with E-state index in [2.05, 4.69) is 10.3 Å². The molecule has 3 rings (SSSR count). The Labute approximate surface area is 132 Å². The zero-order chi connectivity index (χ0) is 16.6. The molecule has 0 aliphatic carbocycles. The van der Waals surface area contributed by atoms with Crippen LogP contribution in [-0.2, 0) is 0 Å². The van der Waals surface area contributed by atoms with Crippen LogP contribution in [-0.4, -0.2) is 20.3 Å². The number of hydrogen-bond donors (Lipinski definition) is 2. The van der Waals surface area contributed by atoms with E-state index in [1.165, 1.54) is 23.5 Å². The first-order valence-corrected chi connectivity index (χ1v) is 7.06. The van der Waals surface area contributed by atoms with Crippen molar-refractivity contribution in [2.24, 2.45) is 0 Å². The number of nitrogens with zero attached hydrogens (tertiary/aromatic N) is 2. The number of benzene rings is 1. The smallest absolute Gasteiger partial charge is 0.270 e. The highest BCUT2D eigenvalue weighted by Crippen LogP contribution is 2.21. The summed E-state index contributed by atoms with van der Waals surface area (Å²) in [4.78, 5) is 29.0. The molecule has 1 aromatic carbocycles. The maximum atomic E-state index is 12.6. The van der Waals surface area contributed by atoms with Crippen molar-refractivity contribution in [1.82, 2.24) is 9.38 Å². The molecule has 0 aliphatic heterocycles. The fourth-order valence-electron chi connectivity index (χ4n) is 2.39. The monoisotopic (exact) mass is 309 g/mol. The van der Waals surface area contributed by atoms with Crippen LogP contribution >= 0.6 is 0 Å². The number of ketones is 1. The summed E-state index contributed by atoms with van der Waals surface area (Å²) in [5.41, 5.74) is 1.53. The molecule has 6 heteroatoms. The number of carbonyl (C=O) groups excluding carboxylic acids is 1. The van der Waals surface area contributed by atoms with Crippen LogP contribution in [0.4, 0.5) is 11.5 Å². The third-order valence-electron chi connectivity index (χ3n) is 3.53. The Morgan fingerprint density at radius 3 is 2.57 bits per heavy atom. The standard InChI is InChI=1S/C17H15N3O3/c1-10-4-3-9-20-16(10)19-15(14(11(2)21)17(20)23)18-12-5-7-13(22)8-6-12/h3-9,18,22H,1-2H3. The third-order valence-corrected chi connectivity index (χ3v) is 3.53. The van der Waals surface area contributed by atoms with Gasteiger partial charge in [0.1, 0.15) is 22.8 Å². The Morgan fingerprint density at radius 2 is 1.91 bits per heavy atom. The third kappa shape index (κ3) is 2.66. The molecule has 0 fully saturated rings. The number of hydrogen-bond acceptors (Lipinski definition) is 5. The van der Waals surface area contributed by atoms with E-state index in [4.69, 9.17) is 0 Å². The zero-order valence-corrected chi connectivity index (χ0v) is 12.7. The molecule has 2 aromatic heterocycles. The number of aromatic nitrogens is 2. The van der Waals surface area contributed by atoms with Gasteiger partial charge in [-0.3, -0.25) is 14.0 Å². The number of phenolic OH excluding ortho intramolecular Hbond substituents is 1. The number of pyridine rings is 1. The molecule has 0 spiro atoms. The van der Waals surface area contributed by atoms with Crippen LogP contribution in [0.2, 0.25) is 0 Å². The van der Waals surface area contributed by atoms with Crippen molar-refractivity contribution in [1.29, 1.82) is 0 Å². The van der Waals surface area contributed by atoms with Gasteiger partial charge < -0.3 is 10.4 Å². The van der Waals surface area contributed by atoms with E-state index in [1.54, 1.807) is 24.4 Å². The fourth-order valence-corrected chi connectivity index (χ4v) is 2.39. The predicted octanol–water partition coefficient (Wildman–Crippen LogP) is 2.65. The first kappa shape index (κ1) is 14.8. The van der Waals surface area contributed by atoms with E-state index in [9.17, 15) is 14.7 Å². The molecule has 0 bridgehead atoms. The van der Waals surface area contributed by atoms with Gasteiger partial charge in [0.2, 0.25) is 0 Å². The lowest BCUT2D eigenvalue weighted by Gasteiger charge is -2.12. The summed E-state index contributed by atoms with van der Waals surface area (Å²) in [5, 5.41) is 12.3. The van der Waals surface area contributed by atoms with Gasteiger partial charge in [0.15, 0.2) is 5.78 Å². The second kappa shape index (κ2) is 5.57. The molecule has 0 amide bonds. The zero-order valence-electron chi connectivity index (χ0n) is 12.7. The van der Waals surface area contributed by atoms with Crippen molar-refractivity contribution in [3.05, 3.63) is 64.1 Å². The van der Waals surface area contributed by atoms with Gasteiger partial charge in [0.05, 0.1) is 0 Å². The van der Waals surface area contributed by atoms with Crippen molar-refractivity contribution in [2.75, 3.05) is 5.32 Å². The molecule has 0 atom stereocenters. The number of phenols is 1. The largest absolute Gasteiger partial charge is 0.508 e. The summed E-state index contributed by atoms with van der Waals surface area (Å²) in [6.07, 6.45) is 1.59. The minimum Gasteiger partial charge on any atom is -0.508 e. The molecule has 0 radical (unpaired) electrons. The highest BCUT2D eigenvalue weighted by molar-refractivity contribution is 5.99. The first-order valence-electron chi connectivity index (χ1n) is 7.06. The van der Waals surface area contributed by atoms with E-state index in [1.807, 2.05) is 13.0 Å². The molecule has 0 unspecified atom stereocenters. The van der Waals surface area contributed by atoms with Gasteiger partial charge in [-0.25, -0.2) is 4.98 Å². The van der Waals surface area contributed by atoms with Crippen molar-refractivity contribution in [2.45, 2.75) is 13.8 Å². The van der Waals surface area contributed by atoms with Gasteiger partial charge in [-0.2, -0.15) is 0 Å². The summed E-state index contributed by atoms with van der Waals surface area (Å²) in [5.74, 6) is -0.0214. The highest BCUT2D eigenvalue weighted by atomic mass is 16.3. The lowest BCUT2D eigenvalue weighted by Crippen LogP contribution is -2.24. The summed E-state index contributed by atoms with van der Waals surface area (Å²) < 4.78 is 1.37. The summed E-state index contributed by atoms with van der Waals surface area (Å²) >= 11 is 0. The number of anilines is 2. The number of fused-ring (bicyclic) bond motifs is 1. The van der Waals surface area contributed by atoms with Crippen molar-refractivity contribution < 1.29 is 9.90 Å². The number of aromatic hydroxyl groups is 1. The number of nitrogens with one attached hydrogen (secondary N) is 1. The predicted molar refractivity (Wildman–Crippen MR) is 87.6 cm³/mol. The minimum atomic E-state index is -0.410. The molecule has 0 saturated heterocycles. The molecule has 0 aliphatic rings. The van der Waals surface area contributed by atoms with Crippen LogP contribution in [0, 0.1) is 6.92 Å². The molecule has 3 aromatic rings. The molecular weight excluding hydrogens is 294 g/mol. The Morgan fingerprint density at radius 1 is 1.22 bits per heavy atom. The van der Waals surface area contributed by atoms with Crippen LogP contribution in [0.3, 0.4) is 0 Å². The maximum absolute atomic E-state index is 12.6. The maximum Gasteiger partial charge on any atom is 0.270 e. The average molecular weight is 309 g/mol. The SMILES string of the molecule is CC(=O)c1c(Nc2ccc(O)cc2)nc2c(C)cccn2c1=O. The van der Waals surface area contributed by atoms with Crippen LogP contribution in [0.5, 0.6) is 5.75 Å². The Balaban J connectivity index is 2.24. The summed E-state index contributed by atoms with van der Waals surface area (Å²) in [7, 11) is 0. The number of aryl methyl sites for hydroxylation is 1. The fraction of sp³-hybridized carbons (Fsp3) is 0.118. The van der Waals surface area contributed by atoms with Crippen LogP contribution in [0.25, 0.3) is 5.65 Å². The van der Waals surface area contributed by atoms with Gasteiger partial charge in [0, 0.05) is 11.9 Å². The Kier molecular flexibility index (Phi) is 3.57. The lowest BCUT2D eigenvalue weighted by molar-refractivity contribution is 0.101. The van der Waals surface area contributed by atoms with E-state index in [0.29, 0.717) is 11.3 Å². The molecule has 6 nitrogen and oxygen atoms in total. The van der Waals surface area contributed by atoms with Gasteiger partial charge in [-0.05, 0) is 49.7 Å². The normalized spacial score (nSPS) is 10.7. The van der Waals surface area contributed by atoms with E-state index < -0.39 is 5.56 Å². The highest BCUT2D eigenvalue weighted by Gasteiger charge is 2.17. The molecule has 2 heterocycles. The first-order chi connectivity index (χ1) is 11.0. The number of carbonyl (C=O) groups is 1. The van der Waals surface area contributed by atoms with E-state index in [0.717, 1.165) is 5.56 Å². The molecule has 2 N–H and O–H groups in total. The van der Waals surface area contributed by atoms with E-state index in [-0.39, 0.29) is 22.9 Å². The number of rotatable bonds is 3. The van der Waals surface area contributed by atoms with Crippen LogP contribution < -0.4 is 10.9 Å². The van der Waals surface area contributed by atoms with Crippen molar-refractivity contribution >= 4 is 22.9 Å². The van der Waals surface area contributed by atoms with Gasteiger partial charge >= 0.3 is 0 Å². The second-order valence-electron chi connectivity index (χ2n) is 5.25.